The zero-order chi connectivity index (χ0) is 11.2. The van der Waals surface area contributed by atoms with E-state index in [1.54, 1.807) is 0 Å². The maximum absolute atomic E-state index is 5.79. The fourth-order valence-electron chi connectivity index (χ4n) is 2.27. The van der Waals surface area contributed by atoms with E-state index >= 15 is 0 Å². The van der Waals surface area contributed by atoms with Gasteiger partial charge in [0.2, 0.25) is 0 Å². The molecule has 4 rings (SSSR count). The molecule has 0 spiro atoms. The van der Waals surface area contributed by atoms with E-state index in [2.05, 4.69) is 17.2 Å². The quantitative estimate of drug-likeness (QED) is 0.719. The van der Waals surface area contributed by atoms with Crippen molar-refractivity contribution in [3.05, 3.63) is 59.7 Å². The van der Waals surface area contributed by atoms with Crippen molar-refractivity contribution in [2.24, 2.45) is 0 Å². The number of fused-ring (bicyclic) bond motifs is 6. The van der Waals surface area contributed by atoms with Crippen LogP contribution in [0.4, 0.5) is 0 Å². The van der Waals surface area contributed by atoms with E-state index in [0.29, 0.717) is 0 Å². The summed E-state index contributed by atoms with van der Waals surface area (Å²) in [5, 5.41) is 3.39. The molecule has 0 saturated heterocycles. The van der Waals surface area contributed by atoms with E-state index in [1.165, 1.54) is 11.1 Å². The monoisotopic (exact) mass is 243 g/mol. The van der Waals surface area contributed by atoms with Crippen LogP contribution >= 0.6 is 8.53 Å². The number of benzene rings is 2. The van der Waals surface area contributed by atoms with Gasteiger partial charge in [0.1, 0.15) is 11.5 Å². The molecule has 0 unspecified atom stereocenters. The Balaban J connectivity index is 1.94. The van der Waals surface area contributed by atoms with Gasteiger partial charge in [-0.1, -0.05) is 36.4 Å². The Morgan fingerprint density at radius 1 is 0.824 bits per heavy atom. The normalized spacial score (nSPS) is 24.0. The van der Waals surface area contributed by atoms with Gasteiger partial charge in [-0.25, -0.2) is 5.09 Å². The second-order valence-corrected chi connectivity index (χ2v) is 5.22. The molecule has 2 aromatic rings. The third kappa shape index (κ3) is 1.36. The molecule has 0 radical (unpaired) electrons. The van der Waals surface area contributed by atoms with Crippen molar-refractivity contribution in [2.75, 3.05) is 0 Å². The van der Waals surface area contributed by atoms with Crippen LogP contribution in [-0.2, 0) is 0 Å². The van der Waals surface area contributed by atoms with E-state index < -0.39 is 8.53 Å². The predicted octanol–water partition coefficient (Wildman–Crippen LogP) is 3.38. The lowest BCUT2D eigenvalue weighted by atomic mass is 9.98. The number of hydrogen-bond acceptors (Lipinski definition) is 3. The van der Waals surface area contributed by atoms with Gasteiger partial charge in [0.15, 0.2) is 0 Å². The molecule has 0 amide bonds. The molecule has 0 fully saturated rings. The largest absolute Gasteiger partial charge is 0.427 e. The summed E-state index contributed by atoms with van der Waals surface area (Å²) in [6, 6.07) is 16.4. The number of para-hydroxylation sites is 2. The zero-order valence-corrected chi connectivity index (χ0v) is 9.85. The van der Waals surface area contributed by atoms with Crippen molar-refractivity contribution in [1.29, 1.82) is 0 Å². The minimum absolute atomic E-state index is 0.191. The van der Waals surface area contributed by atoms with Gasteiger partial charge in [0.25, 0.3) is 0 Å². The highest BCUT2D eigenvalue weighted by atomic mass is 31.2. The number of rotatable bonds is 0. The molecular formula is C13H10NO2P. The van der Waals surface area contributed by atoms with Crippen LogP contribution in [0.5, 0.6) is 11.5 Å². The second kappa shape index (κ2) is 3.46. The predicted molar refractivity (Wildman–Crippen MR) is 66.0 cm³/mol. The van der Waals surface area contributed by atoms with Crippen molar-refractivity contribution in [3.63, 3.8) is 0 Å². The average molecular weight is 243 g/mol. The fraction of sp³-hybridized carbons (Fsp3) is 0.0769. The highest BCUT2D eigenvalue weighted by molar-refractivity contribution is 7.46. The molecule has 0 saturated carbocycles. The van der Waals surface area contributed by atoms with Crippen LogP contribution in [0.3, 0.4) is 0 Å². The second-order valence-electron chi connectivity index (χ2n) is 4.08. The van der Waals surface area contributed by atoms with Gasteiger partial charge in [-0.2, -0.15) is 0 Å². The van der Waals surface area contributed by atoms with Crippen LogP contribution in [0.25, 0.3) is 0 Å². The lowest BCUT2D eigenvalue weighted by Gasteiger charge is -2.36. The summed E-state index contributed by atoms with van der Waals surface area (Å²) in [7, 11) is -1.05. The Labute approximate surface area is 100 Å². The molecule has 4 heteroatoms. The zero-order valence-electron chi connectivity index (χ0n) is 8.96. The summed E-state index contributed by atoms with van der Waals surface area (Å²) >= 11 is 0. The molecule has 2 aromatic carbocycles. The Kier molecular flexibility index (Phi) is 1.92. The lowest BCUT2D eigenvalue weighted by molar-refractivity contribution is 0.414. The molecule has 0 atom stereocenters. The maximum Gasteiger partial charge on any atom is 0.382 e. The standard InChI is InChI=1S/C13H10NO2P/c1-3-7-11-9(5-1)13-10-6-2-4-8-12(10)16-17(14-13)15-11/h1-8,13-14H. The minimum Gasteiger partial charge on any atom is -0.427 e. The Bertz CT molecular complexity index is 538. The third-order valence-corrected chi connectivity index (χ3v) is 4.25. The fourth-order valence-corrected chi connectivity index (χ4v) is 3.59. The van der Waals surface area contributed by atoms with E-state index in [0.717, 1.165) is 11.5 Å². The summed E-state index contributed by atoms with van der Waals surface area (Å²) in [5.41, 5.74) is 2.36. The summed E-state index contributed by atoms with van der Waals surface area (Å²) in [6.45, 7) is 0. The van der Waals surface area contributed by atoms with E-state index in [4.69, 9.17) is 9.05 Å². The summed E-state index contributed by atoms with van der Waals surface area (Å²) in [5.74, 6) is 1.86. The van der Waals surface area contributed by atoms with Crippen LogP contribution < -0.4 is 14.1 Å². The van der Waals surface area contributed by atoms with Crippen molar-refractivity contribution in [1.82, 2.24) is 5.09 Å². The molecule has 1 N–H and O–H groups in total. The molecule has 2 heterocycles. The Morgan fingerprint density at radius 3 is 1.94 bits per heavy atom. The molecule has 0 aliphatic carbocycles. The first-order valence-electron chi connectivity index (χ1n) is 5.52. The molecule has 2 bridgehead atoms. The van der Waals surface area contributed by atoms with Crippen LogP contribution in [0, 0.1) is 0 Å². The molecule has 17 heavy (non-hydrogen) atoms. The van der Waals surface area contributed by atoms with Crippen LogP contribution in [-0.4, -0.2) is 0 Å². The van der Waals surface area contributed by atoms with E-state index in [-0.39, 0.29) is 6.04 Å². The van der Waals surface area contributed by atoms with Crippen molar-refractivity contribution in [2.45, 2.75) is 6.04 Å². The van der Waals surface area contributed by atoms with Gasteiger partial charge < -0.3 is 9.05 Å². The number of hydrogen-bond donors (Lipinski definition) is 1. The molecule has 3 nitrogen and oxygen atoms in total. The first kappa shape index (κ1) is 9.46. The molecule has 84 valence electrons. The molecule has 2 aliphatic heterocycles. The van der Waals surface area contributed by atoms with Crippen LogP contribution in [0.15, 0.2) is 48.5 Å². The van der Waals surface area contributed by atoms with Gasteiger partial charge in [-0.3, -0.25) is 0 Å². The van der Waals surface area contributed by atoms with Crippen molar-refractivity contribution < 1.29 is 9.05 Å². The highest BCUT2D eigenvalue weighted by Crippen LogP contribution is 2.53. The molecule has 0 aromatic heterocycles. The van der Waals surface area contributed by atoms with E-state index in [1.807, 2.05) is 36.4 Å². The molecular weight excluding hydrogens is 233 g/mol. The summed E-state index contributed by atoms with van der Waals surface area (Å²) < 4.78 is 11.6. The van der Waals surface area contributed by atoms with Gasteiger partial charge >= 0.3 is 8.53 Å². The summed E-state index contributed by atoms with van der Waals surface area (Å²) in [4.78, 5) is 0. The summed E-state index contributed by atoms with van der Waals surface area (Å²) in [6.07, 6.45) is 0. The van der Waals surface area contributed by atoms with Gasteiger partial charge in [-0.15, -0.1) is 0 Å². The number of nitrogens with one attached hydrogen (secondary N) is 1. The molecule has 2 aliphatic rings. The first-order chi connectivity index (χ1) is 8.42. The Hall–Kier alpha value is -1.57. The smallest absolute Gasteiger partial charge is 0.382 e. The third-order valence-electron chi connectivity index (χ3n) is 3.06. The van der Waals surface area contributed by atoms with Crippen molar-refractivity contribution in [3.8, 4) is 11.5 Å². The van der Waals surface area contributed by atoms with Gasteiger partial charge in [0.05, 0.1) is 6.04 Å². The topological polar surface area (TPSA) is 30.5 Å². The van der Waals surface area contributed by atoms with Gasteiger partial charge in [0, 0.05) is 11.1 Å². The van der Waals surface area contributed by atoms with Gasteiger partial charge in [-0.05, 0) is 12.1 Å². The Morgan fingerprint density at radius 2 is 1.35 bits per heavy atom. The SMILES string of the molecule is c1ccc2c(c1)OP1NC2c2ccccc2O1. The van der Waals surface area contributed by atoms with Crippen LogP contribution in [0.2, 0.25) is 0 Å². The maximum atomic E-state index is 5.79. The first-order valence-corrected chi connectivity index (χ1v) is 6.70. The van der Waals surface area contributed by atoms with Crippen molar-refractivity contribution >= 4 is 8.53 Å². The lowest BCUT2D eigenvalue weighted by Crippen LogP contribution is -2.30. The minimum atomic E-state index is -1.05. The van der Waals surface area contributed by atoms with Crippen LogP contribution in [0.1, 0.15) is 17.2 Å². The van der Waals surface area contributed by atoms with E-state index in [9.17, 15) is 0 Å². The average Bonchev–Trinajstić information content (AvgIpc) is 2.39. The highest BCUT2D eigenvalue weighted by Gasteiger charge is 2.37.